The summed E-state index contributed by atoms with van der Waals surface area (Å²) in [4.78, 5) is 0. The van der Waals surface area contributed by atoms with Crippen LogP contribution in [0.15, 0.2) is 24.0 Å². The third-order valence-corrected chi connectivity index (χ3v) is 5.82. The van der Waals surface area contributed by atoms with E-state index in [4.69, 9.17) is 7.85 Å². The van der Waals surface area contributed by atoms with Gasteiger partial charge in [-0.25, -0.2) is 0 Å². The van der Waals surface area contributed by atoms with Crippen molar-refractivity contribution in [3.8, 4) is 0 Å². The summed E-state index contributed by atoms with van der Waals surface area (Å²) in [5, 5.41) is 0. The standard InChI is InChI=1S/C6HBBr4/c7-2-1-3(8)5(10)6(11)4(2)9/h1H. The third kappa shape index (κ3) is 2.11. The van der Waals surface area contributed by atoms with Crippen molar-refractivity contribution >= 4 is 77.0 Å². The average Bonchev–Trinajstić information content (AvgIpc) is 1.97. The molecule has 56 valence electrons. The molecule has 2 radical (unpaired) electrons. The number of rotatable bonds is 0. The second-order valence-corrected chi connectivity index (χ2v) is 5.12. The Bertz CT molecular complexity index is 271. The van der Waals surface area contributed by atoms with Crippen LogP contribution in [-0.4, -0.2) is 7.85 Å². The van der Waals surface area contributed by atoms with Gasteiger partial charge in [-0.05, 0) is 47.8 Å². The Kier molecular flexibility index (Phi) is 3.69. The van der Waals surface area contributed by atoms with Crippen LogP contribution in [-0.2, 0) is 0 Å². The summed E-state index contributed by atoms with van der Waals surface area (Å²) in [5.74, 6) is 0. The zero-order valence-corrected chi connectivity index (χ0v) is 11.5. The summed E-state index contributed by atoms with van der Waals surface area (Å²) < 4.78 is 3.68. The monoisotopic (exact) mass is 400 g/mol. The van der Waals surface area contributed by atoms with Crippen LogP contribution in [0.4, 0.5) is 0 Å². The molecule has 0 aliphatic carbocycles. The van der Waals surface area contributed by atoms with Crippen LogP contribution in [0.3, 0.4) is 0 Å². The molecule has 0 fully saturated rings. The predicted molar refractivity (Wildman–Crippen MR) is 62.6 cm³/mol. The topological polar surface area (TPSA) is 0 Å². The first-order valence-electron chi connectivity index (χ1n) is 2.62. The van der Waals surface area contributed by atoms with Crippen LogP contribution in [0.25, 0.3) is 0 Å². The zero-order chi connectivity index (χ0) is 8.59. The second kappa shape index (κ2) is 3.94. The van der Waals surface area contributed by atoms with Crippen molar-refractivity contribution in [1.82, 2.24) is 0 Å². The van der Waals surface area contributed by atoms with Crippen LogP contribution in [0.1, 0.15) is 0 Å². The highest BCUT2D eigenvalue weighted by molar-refractivity contribution is 9.15. The van der Waals surface area contributed by atoms with Crippen LogP contribution >= 0.6 is 63.7 Å². The van der Waals surface area contributed by atoms with Gasteiger partial charge >= 0.3 is 0 Å². The van der Waals surface area contributed by atoms with Gasteiger partial charge in [-0.3, -0.25) is 0 Å². The zero-order valence-electron chi connectivity index (χ0n) is 5.17. The Balaban J connectivity index is 3.46. The van der Waals surface area contributed by atoms with E-state index in [1.54, 1.807) is 0 Å². The van der Waals surface area contributed by atoms with Crippen molar-refractivity contribution in [2.75, 3.05) is 0 Å². The molecule has 1 aromatic carbocycles. The molecule has 0 nitrogen and oxygen atoms in total. The highest BCUT2D eigenvalue weighted by atomic mass is 79.9. The maximum absolute atomic E-state index is 5.66. The maximum atomic E-state index is 5.66. The maximum Gasteiger partial charge on any atom is 0.115 e. The fraction of sp³-hybridized carbons (Fsp3) is 0. The van der Waals surface area contributed by atoms with E-state index in [2.05, 4.69) is 63.7 Å². The quantitative estimate of drug-likeness (QED) is 0.353. The predicted octanol–water partition coefficient (Wildman–Crippen LogP) is 3.53. The summed E-state index contributed by atoms with van der Waals surface area (Å²) >= 11 is 13.5. The SMILES string of the molecule is [B]c1cc(Br)c(Br)c(Br)c1Br. The van der Waals surface area contributed by atoms with Gasteiger partial charge in [-0.15, -0.1) is 0 Å². The van der Waals surface area contributed by atoms with Gasteiger partial charge in [0, 0.05) is 17.9 Å². The number of hydrogen-bond donors (Lipinski definition) is 0. The molecule has 0 unspecified atom stereocenters. The van der Waals surface area contributed by atoms with Gasteiger partial charge in [0.2, 0.25) is 0 Å². The Morgan fingerprint density at radius 3 is 2.00 bits per heavy atom. The van der Waals surface area contributed by atoms with E-state index in [0.29, 0.717) is 5.46 Å². The van der Waals surface area contributed by atoms with Crippen LogP contribution < -0.4 is 5.46 Å². The van der Waals surface area contributed by atoms with Gasteiger partial charge in [-0.2, -0.15) is 0 Å². The first-order valence-corrected chi connectivity index (χ1v) is 5.79. The smallest absolute Gasteiger partial charge is 0.0804 e. The van der Waals surface area contributed by atoms with Crippen molar-refractivity contribution in [2.24, 2.45) is 0 Å². The van der Waals surface area contributed by atoms with Crippen LogP contribution in [0, 0.1) is 0 Å². The van der Waals surface area contributed by atoms with Crippen molar-refractivity contribution in [3.63, 3.8) is 0 Å². The molecular formula is C6HBBr4. The third-order valence-electron chi connectivity index (χ3n) is 1.13. The molecule has 0 saturated carbocycles. The van der Waals surface area contributed by atoms with E-state index in [9.17, 15) is 0 Å². The Morgan fingerprint density at radius 1 is 0.909 bits per heavy atom. The minimum absolute atomic E-state index is 0.701. The van der Waals surface area contributed by atoms with Gasteiger partial charge in [0.05, 0.1) is 0 Å². The van der Waals surface area contributed by atoms with Crippen molar-refractivity contribution in [2.45, 2.75) is 0 Å². The molecule has 0 aromatic heterocycles. The van der Waals surface area contributed by atoms with Crippen LogP contribution in [0.5, 0.6) is 0 Å². The van der Waals surface area contributed by atoms with Crippen molar-refractivity contribution in [1.29, 1.82) is 0 Å². The fourth-order valence-corrected chi connectivity index (χ4v) is 2.64. The lowest BCUT2D eigenvalue weighted by Crippen LogP contribution is -2.04. The summed E-state index contributed by atoms with van der Waals surface area (Å²) in [7, 11) is 5.66. The molecule has 0 heterocycles. The molecule has 0 bridgehead atoms. The molecular weight excluding hydrogens is 402 g/mol. The molecule has 5 heteroatoms. The molecule has 0 saturated heterocycles. The molecule has 1 rings (SSSR count). The summed E-state index contributed by atoms with van der Waals surface area (Å²) in [6.45, 7) is 0. The summed E-state index contributed by atoms with van der Waals surface area (Å²) in [6.07, 6.45) is 0. The number of benzene rings is 1. The van der Waals surface area contributed by atoms with Gasteiger partial charge in [0.1, 0.15) is 7.85 Å². The highest BCUT2D eigenvalue weighted by Gasteiger charge is 2.07. The molecule has 0 aliphatic rings. The highest BCUT2D eigenvalue weighted by Crippen LogP contribution is 2.34. The van der Waals surface area contributed by atoms with E-state index in [1.807, 2.05) is 6.07 Å². The van der Waals surface area contributed by atoms with Gasteiger partial charge in [-0.1, -0.05) is 27.5 Å². The van der Waals surface area contributed by atoms with Crippen molar-refractivity contribution in [3.05, 3.63) is 24.0 Å². The van der Waals surface area contributed by atoms with E-state index in [-0.39, 0.29) is 0 Å². The van der Waals surface area contributed by atoms with E-state index >= 15 is 0 Å². The molecule has 0 aliphatic heterocycles. The summed E-state index contributed by atoms with van der Waals surface area (Å²) in [5.41, 5.74) is 0.701. The second-order valence-electron chi connectivity index (χ2n) is 1.89. The lowest BCUT2D eigenvalue weighted by atomic mass is 9.97. The molecule has 1 aromatic rings. The minimum atomic E-state index is 0.701. The normalized spacial score (nSPS) is 10.2. The Morgan fingerprint density at radius 2 is 1.45 bits per heavy atom. The molecule has 0 N–H and O–H groups in total. The van der Waals surface area contributed by atoms with E-state index < -0.39 is 0 Å². The fourth-order valence-electron chi connectivity index (χ4n) is 0.591. The number of halogens is 4. The Labute approximate surface area is 100 Å². The van der Waals surface area contributed by atoms with E-state index in [1.165, 1.54) is 0 Å². The van der Waals surface area contributed by atoms with Crippen molar-refractivity contribution < 1.29 is 0 Å². The lowest BCUT2D eigenvalue weighted by molar-refractivity contribution is 1.53. The largest absolute Gasteiger partial charge is 0.115 e. The van der Waals surface area contributed by atoms with Gasteiger partial charge in [0.15, 0.2) is 0 Å². The first-order chi connectivity index (χ1) is 5.04. The lowest BCUT2D eigenvalue weighted by Gasteiger charge is -2.05. The minimum Gasteiger partial charge on any atom is -0.0804 e. The summed E-state index contributed by atoms with van der Waals surface area (Å²) in [6, 6.07) is 1.83. The first kappa shape index (κ1) is 10.3. The molecule has 0 atom stereocenters. The molecule has 11 heavy (non-hydrogen) atoms. The average molecular weight is 404 g/mol. The Hall–Kier alpha value is 1.20. The molecule has 0 spiro atoms. The van der Waals surface area contributed by atoms with Gasteiger partial charge < -0.3 is 0 Å². The molecule has 0 amide bonds. The van der Waals surface area contributed by atoms with Gasteiger partial charge in [0.25, 0.3) is 0 Å². The number of hydrogen-bond acceptors (Lipinski definition) is 0. The van der Waals surface area contributed by atoms with E-state index in [0.717, 1.165) is 17.9 Å². The van der Waals surface area contributed by atoms with Crippen LogP contribution in [0.2, 0.25) is 0 Å².